The third-order valence-corrected chi connectivity index (χ3v) is 3.98. The van der Waals surface area contributed by atoms with Crippen molar-refractivity contribution in [3.8, 4) is 0 Å². The normalized spacial score (nSPS) is 16.9. The van der Waals surface area contributed by atoms with Crippen LogP contribution >= 0.6 is 0 Å². The van der Waals surface area contributed by atoms with Crippen molar-refractivity contribution >= 4 is 5.91 Å². The molecule has 114 valence electrons. The molecule has 0 saturated heterocycles. The molecule has 2 heterocycles. The minimum absolute atomic E-state index is 0.0819. The van der Waals surface area contributed by atoms with Gasteiger partial charge >= 0.3 is 0 Å². The molecule has 1 aliphatic heterocycles. The summed E-state index contributed by atoms with van der Waals surface area (Å²) in [6, 6.07) is 11.6. The van der Waals surface area contributed by atoms with Gasteiger partial charge in [0.05, 0.1) is 0 Å². The van der Waals surface area contributed by atoms with Crippen molar-refractivity contribution in [1.29, 1.82) is 0 Å². The summed E-state index contributed by atoms with van der Waals surface area (Å²) in [6.07, 6.45) is 0.998. The van der Waals surface area contributed by atoms with E-state index in [1.165, 1.54) is 11.1 Å². The van der Waals surface area contributed by atoms with Gasteiger partial charge in [0.15, 0.2) is 0 Å². The van der Waals surface area contributed by atoms with Gasteiger partial charge in [0, 0.05) is 18.3 Å². The van der Waals surface area contributed by atoms with Crippen LogP contribution in [0.5, 0.6) is 0 Å². The number of hydrogen-bond donors (Lipinski definition) is 3. The number of rotatable bonds is 3. The molecule has 1 aromatic heterocycles. The van der Waals surface area contributed by atoms with Gasteiger partial charge in [0.1, 0.15) is 5.56 Å². The van der Waals surface area contributed by atoms with Crippen molar-refractivity contribution < 1.29 is 4.79 Å². The number of amides is 1. The molecule has 0 bridgehead atoms. The molecule has 1 aromatic carbocycles. The largest absolute Gasteiger partial charge is 0.350 e. The van der Waals surface area contributed by atoms with Crippen molar-refractivity contribution in [3.05, 3.63) is 69.1 Å². The monoisotopic (exact) mass is 297 g/mol. The Morgan fingerprint density at radius 1 is 1.27 bits per heavy atom. The van der Waals surface area contributed by atoms with E-state index in [1.54, 1.807) is 19.1 Å². The quantitative estimate of drug-likeness (QED) is 0.799. The molecule has 3 N–H and O–H groups in total. The van der Waals surface area contributed by atoms with E-state index >= 15 is 0 Å². The molecule has 1 amide bonds. The Kier molecular flexibility index (Phi) is 4.06. The molecule has 1 unspecified atom stereocenters. The molecule has 3 rings (SSSR count). The van der Waals surface area contributed by atoms with Crippen LogP contribution in [0, 0.1) is 6.92 Å². The van der Waals surface area contributed by atoms with Crippen LogP contribution < -0.4 is 16.2 Å². The van der Waals surface area contributed by atoms with Gasteiger partial charge in [-0.05, 0) is 43.1 Å². The average molecular weight is 297 g/mol. The number of hydrogen-bond acceptors (Lipinski definition) is 3. The summed E-state index contributed by atoms with van der Waals surface area (Å²) in [5, 5.41) is 6.25. The summed E-state index contributed by atoms with van der Waals surface area (Å²) in [5.74, 6) is -0.342. The average Bonchev–Trinajstić information content (AvgIpc) is 2.52. The zero-order valence-corrected chi connectivity index (χ0v) is 12.5. The lowest BCUT2D eigenvalue weighted by molar-refractivity contribution is 0.0947. The van der Waals surface area contributed by atoms with E-state index in [2.05, 4.69) is 27.8 Å². The lowest BCUT2D eigenvalue weighted by atomic mass is 9.94. The van der Waals surface area contributed by atoms with Crippen molar-refractivity contribution in [3.63, 3.8) is 0 Å². The molecular formula is C17H19N3O2. The van der Waals surface area contributed by atoms with Gasteiger partial charge in [-0.3, -0.25) is 9.59 Å². The molecule has 0 radical (unpaired) electrons. The van der Waals surface area contributed by atoms with Gasteiger partial charge in [0.25, 0.3) is 11.5 Å². The zero-order chi connectivity index (χ0) is 15.5. The molecule has 1 atom stereocenters. The fourth-order valence-corrected chi connectivity index (χ4v) is 2.82. The number of fused-ring (bicyclic) bond motifs is 1. The summed E-state index contributed by atoms with van der Waals surface area (Å²) in [6.45, 7) is 3.14. The second kappa shape index (κ2) is 6.15. The highest BCUT2D eigenvalue weighted by Gasteiger charge is 2.20. The maximum Gasteiger partial charge on any atom is 0.260 e. The Hall–Kier alpha value is -2.40. The number of benzene rings is 1. The van der Waals surface area contributed by atoms with Crippen LogP contribution in [0.1, 0.15) is 33.2 Å². The van der Waals surface area contributed by atoms with Crippen LogP contribution in [-0.2, 0) is 6.42 Å². The number of aromatic amines is 1. The molecule has 5 heteroatoms. The molecule has 0 aliphatic carbocycles. The van der Waals surface area contributed by atoms with Crippen LogP contribution in [0.4, 0.5) is 0 Å². The predicted octanol–water partition coefficient (Wildman–Crippen LogP) is 1.30. The summed E-state index contributed by atoms with van der Waals surface area (Å²) < 4.78 is 0. The van der Waals surface area contributed by atoms with E-state index < -0.39 is 0 Å². The van der Waals surface area contributed by atoms with E-state index in [4.69, 9.17) is 0 Å². The van der Waals surface area contributed by atoms with E-state index in [1.807, 2.05) is 12.1 Å². The molecule has 2 aromatic rings. The Balaban J connectivity index is 1.71. The molecule has 1 aliphatic rings. The summed E-state index contributed by atoms with van der Waals surface area (Å²) in [7, 11) is 0. The Bertz CT molecular complexity index is 752. The third-order valence-electron chi connectivity index (χ3n) is 3.98. The topological polar surface area (TPSA) is 74.0 Å². The van der Waals surface area contributed by atoms with E-state index in [0.717, 1.165) is 18.7 Å². The first-order valence-electron chi connectivity index (χ1n) is 7.44. The fraction of sp³-hybridized carbons (Fsp3) is 0.294. The summed E-state index contributed by atoms with van der Waals surface area (Å²) in [4.78, 5) is 26.6. The first kappa shape index (κ1) is 14.5. The fourth-order valence-electron chi connectivity index (χ4n) is 2.82. The zero-order valence-electron chi connectivity index (χ0n) is 12.5. The van der Waals surface area contributed by atoms with Crippen LogP contribution in [0.15, 0.2) is 41.2 Å². The van der Waals surface area contributed by atoms with E-state index in [9.17, 15) is 9.59 Å². The number of aryl methyl sites for hydroxylation is 1. The first-order chi connectivity index (χ1) is 10.6. The van der Waals surface area contributed by atoms with Crippen LogP contribution in [-0.4, -0.2) is 24.0 Å². The second-order valence-electron chi connectivity index (χ2n) is 5.55. The number of H-pyrrole nitrogens is 1. The Morgan fingerprint density at radius 2 is 2.09 bits per heavy atom. The lowest BCUT2D eigenvalue weighted by Gasteiger charge is -2.27. The highest BCUT2D eigenvalue weighted by Crippen LogP contribution is 2.21. The molecule has 22 heavy (non-hydrogen) atoms. The van der Waals surface area contributed by atoms with Crippen molar-refractivity contribution in [2.75, 3.05) is 13.1 Å². The highest BCUT2D eigenvalue weighted by atomic mass is 16.2. The molecular weight excluding hydrogens is 278 g/mol. The predicted molar refractivity (Wildman–Crippen MR) is 85.0 cm³/mol. The van der Waals surface area contributed by atoms with Gasteiger partial charge in [0.2, 0.25) is 0 Å². The van der Waals surface area contributed by atoms with Gasteiger partial charge in [-0.2, -0.15) is 0 Å². The number of carbonyl (C=O) groups excluding carboxylic acids is 1. The minimum Gasteiger partial charge on any atom is -0.350 e. The third kappa shape index (κ3) is 2.94. The lowest BCUT2D eigenvalue weighted by Crippen LogP contribution is -2.40. The van der Waals surface area contributed by atoms with E-state index in [0.29, 0.717) is 6.54 Å². The smallest absolute Gasteiger partial charge is 0.260 e. The van der Waals surface area contributed by atoms with Crippen LogP contribution in [0.2, 0.25) is 0 Å². The standard InChI is InChI=1S/C17H19N3O2/c1-11-6-7-14(17(22)20-11)16(21)19-10-15-13-5-3-2-4-12(13)8-9-18-15/h2-7,15,18H,8-10H2,1H3,(H,19,21)(H,20,22). The molecule has 0 fully saturated rings. The summed E-state index contributed by atoms with van der Waals surface area (Å²) >= 11 is 0. The minimum atomic E-state index is -0.352. The van der Waals surface area contributed by atoms with Crippen molar-refractivity contribution in [2.24, 2.45) is 0 Å². The van der Waals surface area contributed by atoms with E-state index in [-0.39, 0.29) is 23.1 Å². The summed E-state index contributed by atoms with van der Waals surface area (Å²) in [5.41, 5.74) is 3.06. The number of carbonyl (C=O) groups is 1. The van der Waals surface area contributed by atoms with Gasteiger partial charge in [-0.25, -0.2) is 0 Å². The van der Waals surface area contributed by atoms with Gasteiger partial charge in [-0.15, -0.1) is 0 Å². The first-order valence-corrected chi connectivity index (χ1v) is 7.44. The SMILES string of the molecule is Cc1ccc(C(=O)NCC2NCCc3ccccc32)c(=O)[nH]1. The van der Waals surface area contributed by atoms with Gasteiger partial charge in [-0.1, -0.05) is 24.3 Å². The Morgan fingerprint density at radius 3 is 2.91 bits per heavy atom. The van der Waals surface area contributed by atoms with Gasteiger partial charge < -0.3 is 15.6 Å². The molecule has 0 saturated carbocycles. The molecule has 5 nitrogen and oxygen atoms in total. The second-order valence-corrected chi connectivity index (χ2v) is 5.55. The number of pyridine rings is 1. The highest BCUT2D eigenvalue weighted by molar-refractivity contribution is 5.93. The van der Waals surface area contributed by atoms with Crippen LogP contribution in [0.25, 0.3) is 0 Å². The van der Waals surface area contributed by atoms with Crippen LogP contribution in [0.3, 0.4) is 0 Å². The Labute approximate surface area is 128 Å². The molecule has 0 spiro atoms. The maximum atomic E-state index is 12.2. The number of aromatic nitrogens is 1. The number of nitrogens with one attached hydrogen (secondary N) is 3. The maximum absolute atomic E-state index is 12.2. The van der Waals surface area contributed by atoms with Crippen molar-refractivity contribution in [2.45, 2.75) is 19.4 Å². The van der Waals surface area contributed by atoms with Crippen molar-refractivity contribution in [1.82, 2.24) is 15.6 Å².